The first-order chi connectivity index (χ1) is 11.5. The number of anilines is 1. The van der Waals surface area contributed by atoms with E-state index in [0.717, 1.165) is 5.69 Å². The maximum absolute atomic E-state index is 12.3. The molecule has 1 atom stereocenters. The Morgan fingerprint density at radius 1 is 1.17 bits per heavy atom. The molecule has 0 fully saturated rings. The second-order valence-electron chi connectivity index (χ2n) is 5.95. The number of rotatable bonds is 7. The van der Waals surface area contributed by atoms with E-state index in [0.29, 0.717) is 18.2 Å². The minimum atomic E-state index is -0.310. The molecular weight excluding hydrogens is 304 g/mol. The van der Waals surface area contributed by atoms with Crippen LogP contribution in [-0.4, -0.2) is 30.7 Å². The largest absolute Gasteiger partial charge is 0.507 e. The predicted octanol–water partition coefficient (Wildman–Crippen LogP) is 3.27. The number of nitrogens with one attached hydrogen (secondary N) is 2. The van der Waals surface area contributed by atoms with Gasteiger partial charge in [0.25, 0.3) is 5.91 Å². The Bertz CT molecular complexity index is 672. The Morgan fingerprint density at radius 2 is 1.88 bits per heavy atom. The smallest absolute Gasteiger partial charge is 0.255 e. The molecule has 0 saturated carbocycles. The average Bonchev–Trinajstić information content (AvgIpc) is 2.58. The second-order valence-corrected chi connectivity index (χ2v) is 5.95. The Labute approximate surface area is 142 Å². The van der Waals surface area contributed by atoms with E-state index in [4.69, 9.17) is 4.74 Å². The van der Waals surface area contributed by atoms with E-state index < -0.39 is 0 Å². The number of methoxy groups -OCH3 is 1. The third kappa shape index (κ3) is 4.65. The minimum Gasteiger partial charge on any atom is -0.507 e. The van der Waals surface area contributed by atoms with Gasteiger partial charge in [0.05, 0.1) is 12.7 Å². The molecule has 0 aliphatic heterocycles. The summed E-state index contributed by atoms with van der Waals surface area (Å²) in [5, 5.41) is 16.2. The third-order valence-electron chi connectivity index (χ3n) is 3.86. The van der Waals surface area contributed by atoms with Gasteiger partial charge in [-0.3, -0.25) is 4.79 Å². The SMILES string of the molecule is COc1ccc(C(=O)NC[C@H](Nc2ccccc2)C(C)C)c(O)c1. The van der Waals surface area contributed by atoms with Crippen LogP contribution in [0.5, 0.6) is 11.5 Å². The van der Waals surface area contributed by atoms with Crippen molar-refractivity contribution in [2.24, 2.45) is 5.92 Å². The van der Waals surface area contributed by atoms with Crippen molar-refractivity contribution in [2.75, 3.05) is 19.0 Å². The van der Waals surface area contributed by atoms with Crippen molar-refractivity contribution in [3.63, 3.8) is 0 Å². The molecule has 24 heavy (non-hydrogen) atoms. The lowest BCUT2D eigenvalue weighted by Gasteiger charge is -2.24. The number of hydrogen-bond donors (Lipinski definition) is 3. The van der Waals surface area contributed by atoms with Gasteiger partial charge in [0, 0.05) is 24.3 Å². The van der Waals surface area contributed by atoms with Gasteiger partial charge in [0.2, 0.25) is 0 Å². The molecular formula is C19H24N2O3. The van der Waals surface area contributed by atoms with Gasteiger partial charge in [-0.2, -0.15) is 0 Å². The second kappa shape index (κ2) is 8.24. The van der Waals surface area contributed by atoms with Gasteiger partial charge in [-0.15, -0.1) is 0 Å². The molecule has 5 nitrogen and oxygen atoms in total. The lowest BCUT2D eigenvalue weighted by atomic mass is 10.0. The summed E-state index contributed by atoms with van der Waals surface area (Å²) in [5.74, 6) is 0.435. The van der Waals surface area contributed by atoms with Crippen molar-refractivity contribution < 1.29 is 14.6 Å². The molecule has 0 radical (unpaired) electrons. The van der Waals surface area contributed by atoms with Crippen LogP contribution in [0, 0.1) is 5.92 Å². The lowest BCUT2D eigenvalue weighted by Crippen LogP contribution is -2.39. The van der Waals surface area contributed by atoms with Crippen LogP contribution in [0.15, 0.2) is 48.5 Å². The zero-order valence-corrected chi connectivity index (χ0v) is 14.2. The van der Waals surface area contributed by atoms with Gasteiger partial charge in [-0.05, 0) is 30.2 Å². The Balaban J connectivity index is 2.00. The number of hydrogen-bond acceptors (Lipinski definition) is 4. The number of amides is 1. The molecule has 0 bridgehead atoms. The summed E-state index contributed by atoms with van der Waals surface area (Å²) in [6, 6.07) is 14.6. The molecule has 0 unspecified atom stereocenters. The van der Waals surface area contributed by atoms with Crippen molar-refractivity contribution >= 4 is 11.6 Å². The monoisotopic (exact) mass is 328 g/mol. The molecule has 2 aromatic rings. The highest BCUT2D eigenvalue weighted by molar-refractivity contribution is 5.97. The van der Waals surface area contributed by atoms with Crippen LogP contribution in [-0.2, 0) is 0 Å². The molecule has 128 valence electrons. The number of carbonyl (C=O) groups is 1. The van der Waals surface area contributed by atoms with E-state index in [-0.39, 0.29) is 23.3 Å². The summed E-state index contributed by atoms with van der Waals surface area (Å²) in [6.07, 6.45) is 0. The summed E-state index contributed by atoms with van der Waals surface area (Å²) < 4.78 is 5.02. The van der Waals surface area contributed by atoms with Crippen LogP contribution in [0.2, 0.25) is 0 Å². The summed E-state index contributed by atoms with van der Waals surface area (Å²) in [7, 11) is 1.51. The van der Waals surface area contributed by atoms with Gasteiger partial charge in [-0.1, -0.05) is 32.0 Å². The lowest BCUT2D eigenvalue weighted by molar-refractivity contribution is 0.0947. The molecule has 0 saturated heterocycles. The van der Waals surface area contributed by atoms with Crippen LogP contribution in [0.4, 0.5) is 5.69 Å². The van der Waals surface area contributed by atoms with E-state index in [1.807, 2.05) is 30.3 Å². The number of phenols is 1. The molecule has 0 aliphatic carbocycles. The van der Waals surface area contributed by atoms with Gasteiger partial charge >= 0.3 is 0 Å². The summed E-state index contributed by atoms with van der Waals surface area (Å²) in [5.41, 5.74) is 1.25. The molecule has 3 N–H and O–H groups in total. The van der Waals surface area contributed by atoms with Gasteiger partial charge in [-0.25, -0.2) is 0 Å². The highest BCUT2D eigenvalue weighted by Gasteiger charge is 2.17. The van der Waals surface area contributed by atoms with Crippen molar-refractivity contribution in [3.8, 4) is 11.5 Å². The fraction of sp³-hybridized carbons (Fsp3) is 0.316. The first kappa shape index (κ1) is 17.7. The number of aromatic hydroxyl groups is 1. The zero-order valence-electron chi connectivity index (χ0n) is 14.2. The Hall–Kier alpha value is -2.69. The van der Waals surface area contributed by atoms with Crippen molar-refractivity contribution in [1.82, 2.24) is 5.32 Å². The molecule has 0 aromatic heterocycles. The van der Waals surface area contributed by atoms with Crippen LogP contribution < -0.4 is 15.4 Å². The summed E-state index contributed by atoms with van der Waals surface area (Å²) >= 11 is 0. The van der Waals surface area contributed by atoms with Gasteiger partial charge in [0.1, 0.15) is 11.5 Å². The molecule has 2 aromatic carbocycles. The summed E-state index contributed by atoms with van der Waals surface area (Å²) in [6.45, 7) is 4.64. The molecule has 0 spiro atoms. The maximum atomic E-state index is 12.3. The third-order valence-corrected chi connectivity index (χ3v) is 3.86. The van der Waals surface area contributed by atoms with Gasteiger partial charge < -0.3 is 20.5 Å². The topological polar surface area (TPSA) is 70.6 Å². The fourth-order valence-electron chi connectivity index (χ4n) is 2.33. The van der Waals surface area contributed by atoms with E-state index in [2.05, 4.69) is 24.5 Å². The highest BCUT2D eigenvalue weighted by Crippen LogP contribution is 2.23. The van der Waals surface area contributed by atoms with Crippen LogP contribution in [0.25, 0.3) is 0 Å². The van der Waals surface area contributed by atoms with Crippen LogP contribution in [0.3, 0.4) is 0 Å². The standard InChI is InChI=1S/C19H24N2O3/c1-13(2)17(21-14-7-5-4-6-8-14)12-20-19(23)16-10-9-15(24-3)11-18(16)22/h4-11,13,17,21-22H,12H2,1-3H3,(H,20,23)/t17-/m0/s1. The molecule has 0 aliphatic rings. The van der Waals surface area contributed by atoms with Crippen LogP contribution in [0.1, 0.15) is 24.2 Å². The van der Waals surface area contributed by atoms with Crippen molar-refractivity contribution in [2.45, 2.75) is 19.9 Å². The number of benzene rings is 2. The number of phenolic OH excluding ortho intramolecular Hbond substituents is 1. The molecule has 5 heteroatoms. The zero-order chi connectivity index (χ0) is 17.5. The number of para-hydroxylation sites is 1. The first-order valence-corrected chi connectivity index (χ1v) is 7.98. The van der Waals surface area contributed by atoms with E-state index in [1.54, 1.807) is 12.1 Å². The van der Waals surface area contributed by atoms with Crippen LogP contribution >= 0.6 is 0 Å². The van der Waals surface area contributed by atoms with Crippen molar-refractivity contribution in [1.29, 1.82) is 0 Å². The minimum absolute atomic E-state index is 0.0803. The maximum Gasteiger partial charge on any atom is 0.255 e. The van der Waals surface area contributed by atoms with Crippen molar-refractivity contribution in [3.05, 3.63) is 54.1 Å². The Kier molecular flexibility index (Phi) is 6.07. The normalized spacial score (nSPS) is 11.8. The summed E-state index contributed by atoms with van der Waals surface area (Å²) in [4.78, 5) is 12.3. The van der Waals surface area contributed by atoms with E-state index >= 15 is 0 Å². The Morgan fingerprint density at radius 3 is 2.46 bits per heavy atom. The van der Waals surface area contributed by atoms with E-state index in [1.165, 1.54) is 13.2 Å². The molecule has 0 heterocycles. The molecule has 2 rings (SSSR count). The highest BCUT2D eigenvalue weighted by atomic mass is 16.5. The van der Waals surface area contributed by atoms with E-state index in [9.17, 15) is 9.90 Å². The fourth-order valence-corrected chi connectivity index (χ4v) is 2.33. The molecule has 1 amide bonds. The van der Waals surface area contributed by atoms with Gasteiger partial charge in [0.15, 0.2) is 0 Å². The average molecular weight is 328 g/mol. The quantitative estimate of drug-likeness (QED) is 0.729. The number of ether oxygens (including phenoxy) is 1. The first-order valence-electron chi connectivity index (χ1n) is 7.98. The predicted molar refractivity (Wildman–Crippen MR) is 95.7 cm³/mol. The number of carbonyl (C=O) groups excluding carboxylic acids is 1.